The van der Waals surface area contributed by atoms with Gasteiger partial charge in [0.2, 0.25) is 6.43 Å². The van der Waals surface area contributed by atoms with E-state index in [4.69, 9.17) is 4.74 Å². The molecule has 2 N–H and O–H groups in total. The number of nitrogens with zero attached hydrogens (tertiary/aromatic N) is 1. The Kier molecular flexibility index (Phi) is 6.51. The number of amides is 1. The van der Waals surface area contributed by atoms with Crippen molar-refractivity contribution < 1.29 is 18.3 Å². The molecule has 0 atom stereocenters. The Hall–Kier alpha value is -2.06. The number of benzene rings is 1. The SMILES string of the molecule is O=C(Nc1ccccc1-c1nc(CC(F)F)cs1)OCC1CCNCC1. The minimum atomic E-state index is -2.43. The Morgan fingerprint density at radius 1 is 1.35 bits per heavy atom. The minimum Gasteiger partial charge on any atom is -0.449 e. The van der Waals surface area contributed by atoms with E-state index in [0.29, 0.717) is 34.5 Å². The third-order valence-corrected chi connectivity index (χ3v) is 5.14. The fourth-order valence-corrected chi connectivity index (χ4v) is 3.72. The highest BCUT2D eigenvalue weighted by atomic mass is 32.1. The summed E-state index contributed by atoms with van der Waals surface area (Å²) in [6.45, 7) is 2.29. The number of anilines is 1. The summed E-state index contributed by atoms with van der Waals surface area (Å²) in [6.07, 6.45) is -1.32. The molecule has 1 aliphatic heterocycles. The predicted molar refractivity (Wildman–Crippen MR) is 97.8 cm³/mol. The molecule has 5 nitrogen and oxygen atoms in total. The lowest BCUT2D eigenvalue weighted by atomic mass is 9.99. The second kappa shape index (κ2) is 9.05. The fourth-order valence-electron chi connectivity index (χ4n) is 2.85. The molecule has 1 aromatic carbocycles. The number of thiazole rings is 1. The van der Waals surface area contributed by atoms with Crippen LogP contribution in [0.3, 0.4) is 0 Å². The molecule has 0 saturated carbocycles. The van der Waals surface area contributed by atoms with Gasteiger partial charge in [0.15, 0.2) is 0 Å². The highest BCUT2D eigenvalue weighted by molar-refractivity contribution is 7.13. The van der Waals surface area contributed by atoms with Crippen molar-refractivity contribution in [3.8, 4) is 10.6 Å². The van der Waals surface area contributed by atoms with Gasteiger partial charge < -0.3 is 10.1 Å². The van der Waals surface area contributed by atoms with Crippen LogP contribution in [-0.4, -0.2) is 37.2 Å². The number of rotatable bonds is 6. The van der Waals surface area contributed by atoms with Gasteiger partial charge in [-0.15, -0.1) is 11.3 Å². The molecule has 0 bridgehead atoms. The van der Waals surface area contributed by atoms with E-state index in [0.717, 1.165) is 25.9 Å². The van der Waals surface area contributed by atoms with Crippen molar-refractivity contribution in [3.63, 3.8) is 0 Å². The molecule has 2 heterocycles. The molecule has 0 aliphatic carbocycles. The third-order valence-electron chi connectivity index (χ3n) is 4.22. The number of halogens is 2. The van der Waals surface area contributed by atoms with E-state index in [2.05, 4.69) is 15.6 Å². The van der Waals surface area contributed by atoms with E-state index in [1.54, 1.807) is 23.6 Å². The van der Waals surface area contributed by atoms with Gasteiger partial charge in [0.25, 0.3) is 0 Å². The van der Waals surface area contributed by atoms with Gasteiger partial charge in [-0.2, -0.15) is 0 Å². The van der Waals surface area contributed by atoms with Crippen LogP contribution in [0.2, 0.25) is 0 Å². The lowest BCUT2D eigenvalue weighted by molar-refractivity contribution is 0.131. The van der Waals surface area contributed by atoms with Crippen molar-refractivity contribution in [2.75, 3.05) is 25.0 Å². The van der Waals surface area contributed by atoms with Crippen LogP contribution in [0.5, 0.6) is 0 Å². The van der Waals surface area contributed by atoms with E-state index >= 15 is 0 Å². The van der Waals surface area contributed by atoms with Crippen LogP contribution in [0.1, 0.15) is 18.5 Å². The first-order chi connectivity index (χ1) is 12.6. The molecule has 0 spiro atoms. The summed E-state index contributed by atoms with van der Waals surface area (Å²) in [5, 5.41) is 8.22. The molecule has 1 aromatic heterocycles. The van der Waals surface area contributed by atoms with Crippen molar-refractivity contribution in [1.82, 2.24) is 10.3 Å². The number of carbonyl (C=O) groups is 1. The first kappa shape index (κ1) is 18.7. The number of ether oxygens (including phenoxy) is 1. The molecule has 8 heteroatoms. The van der Waals surface area contributed by atoms with Crippen LogP contribution in [0.4, 0.5) is 19.3 Å². The molecule has 1 aliphatic rings. The second-order valence-electron chi connectivity index (χ2n) is 6.20. The van der Waals surface area contributed by atoms with E-state index in [1.165, 1.54) is 11.3 Å². The summed E-state index contributed by atoms with van der Waals surface area (Å²) in [7, 11) is 0. The highest BCUT2D eigenvalue weighted by Gasteiger charge is 2.17. The molecule has 0 radical (unpaired) electrons. The van der Waals surface area contributed by atoms with Gasteiger partial charge >= 0.3 is 6.09 Å². The minimum absolute atomic E-state index is 0.350. The number of piperidine rings is 1. The zero-order chi connectivity index (χ0) is 18.4. The molecule has 1 fully saturated rings. The van der Waals surface area contributed by atoms with Crippen molar-refractivity contribution in [2.24, 2.45) is 5.92 Å². The van der Waals surface area contributed by atoms with Crippen LogP contribution in [0.25, 0.3) is 10.6 Å². The van der Waals surface area contributed by atoms with Crippen LogP contribution >= 0.6 is 11.3 Å². The summed E-state index contributed by atoms with van der Waals surface area (Å²) < 4.78 is 30.4. The maximum absolute atomic E-state index is 12.5. The lowest BCUT2D eigenvalue weighted by Crippen LogP contribution is -2.31. The molecule has 2 aromatic rings. The molecule has 26 heavy (non-hydrogen) atoms. The largest absolute Gasteiger partial charge is 0.449 e. The van der Waals surface area contributed by atoms with Gasteiger partial charge in [0.1, 0.15) is 5.01 Å². The van der Waals surface area contributed by atoms with Gasteiger partial charge in [0.05, 0.1) is 24.4 Å². The van der Waals surface area contributed by atoms with Crippen molar-refractivity contribution in [3.05, 3.63) is 35.3 Å². The van der Waals surface area contributed by atoms with Crippen molar-refractivity contribution in [1.29, 1.82) is 0 Å². The quantitative estimate of drug-likeness (QED) is 0.788. The van der Waals surface area contributed by atoms with Crippen LogP contribution in [0, 0.1) is 5.92 Å². The van der Waals surface area contributed by atoms with E-state index in [-0.39, 0.29) is 6.42 Å². The number of hydrogen-bond acceptors (Lipinski definition) is 5. The first-order valence-electron chi connectivity index (χ1n) is 8.58. The van der Waals surface area contributed by atoms with E-state index in [9.17, 15) is 13.6 Å². The normalized spacial score (nSPS) is 15.2. The molecule has 1 amide bonds. The fraction of sp³-hybridized carbons (Fsp3) is 0.444. The summed E-state index contributed by atoms with van der Waals surface area (Å²) in [5.74, 6) is 0.383. The Balaban J connectivity index is 1.63. The molecule has 3 rings (SSSR count). The van der Waals surface area contributed by atoms with Gasteiger partial charge in [-0.25, -0.2) is 18.6 Å². The van der Waals surface area contributed by atoms with Crippen LogP contribution in [0.15, 0.2) is 29.6 Å². The molecule has 0 unspecified atom stereocenters. The van der Waals surface area contributed by atoms with Crippen LogP contribution < -0.4 is 10.6 Å². The van der Waals surface area contributed by atoms with E-state index < -0.39 is 12.5 Å². The average molecular weight is 381 g/mol. The number of carbonyl (C=O) groups excluding carboxylic acids is 1. The van der Waals surface area contributed by atoms with Gasteiger partial charge in [-0.3, -0.25) is 5.32 Å². The zero-order valence-electron chi connectivity index (χ0n) is 14.2. The number of hydrogen-bond donors (Lipinski definition) is 2. The average Bonchev–Trinajstić information content (AvgIpc) is 3.09. The molecular formula is C18H21F2N3O2S. The lowest BCUT2D eigenvalue weighted by Gasteiger charge is -2.22. The summed E-state index contributed by atoms with van der Waals surface area (Å²) in [6, 6.07) is 7.15. The molecular weight excluding hydrogens is 360 g/mol. The number of para-hydroxylation sites is 1. The highest BCUT2D eigenvalue weighted by Crippen LogP contribution is 2.31. The van der Waals surface area contributed by atoms with Crippen molar-refractivity contribution >= 4 is 23.1 Å². The van der Waals surface area contributed by atoms with Crippen LogP contribution in [-0.2, 0) is 11.2 Å². The van der Waals surface area contributed by atoms with Crippen molar-refractivity contribution in [2.45, 2.75) is 25.7 Å². The molecule has 140 valence electrons. The van der Waals surface area contributed by atoms with E-state index in [1.807, 2.05) is 6.07 Å². The number of aromatic nitrogens is 1. The predicted octanol–water partition coefficient (Wildman–Crippen LogP) is 4.17. The first-order valence-corrected chi connectivity index (χ1v) is 9.46. The molecule has 1 saturated heterocycles. The van der Waals surface area contributed by atoms with Gasteiger partial charge in [-0.1, -0.05) is 12.1 Å². The summed E-state index contributed by atoms with van der Waals surface area (Å²) >= 11 is 1.28. The Morgan fingerprint density at radius 2 is 2.12 bits per heavy atom. The monoisotopic (exact) mass is 381 g/mol. The van der Waals surface area contributed by atoms with Gasteiger partial charge in [-0.05, 0) is 44.0 Å². The standard InChI is InChI=1S/C18H21F2N3O2S/c19-16(20)9-13-11-26-17(22-13)14-3-1-2-4-15(14)23-18(24)25-10-12-5-7-21-8-6-12/h1-4,11-12,16,21H,5-10H2,(H,23,24). The maximum Gasteiger partial charge on any atom is 0.411 e. The zero-order valence-corrected chi connectivity index (χ0v) is 15.0. The summed E-state index contributed by atoms with van der Waals surface area (Å²) in [5.41, 5.74) is 1.60. The number of nitrogens with one attached hydrogen (secondary N) is 2. The smallest absolute Gasteiger partial charge is 0.411 e. The third kappa shape index (κ3) is 5.22. The second-order valence-corrected chi connectivity index (χ2v) is 7.06. The topological polar surface area (TPSA) is 63.2 Å². The number of alkyl halides is 2. The Bertz CT molecular complexity index is 733. The maximum atomic E-state index is 12.5. The van der Waals surface area contributed by atoms with Gasteiger partial charge in [0, 0.05) is 10.9 Å². The summed E-state index contributed by atoms with van der Waals surface area (Å²) in [4.78, 5) is 16.4. The Labute approximate surface area is 154 Å². The Morgan fingerprint density at radius 3 is 2.88 bits per heavy atom.